The van der Waals surface area contributed by atoms with E-state index in [1.807, 2.05) is 54.6 Å². The molecule has 1 fully saturated rings. The minimum Gasteiger partial charge on any atom is -0.483 e. The Morgan fingerprint density at radius 2 is 1.52 bits per heavy atom. The van der Waals surface area contributed by atoms with Gasteiger partial charge in [0.1, 0.15) is 5.75 Å². The van der Waals surface area contributed by atoms with Crippen molar-refractivity contribution < 1.29 is 17.9 Å². The second-order valence-electron chi connectivity index (χ2n) is 8.04. The molecule has 4 rings (SSSR count). The van der Waals surface area contributed by atoms with E-state index in [4.69, 9.17) is 4.74 Å². The molecule has 0 saturated carbocycles. The van der Waals surface area contributed by atoms with Gasteiger partial charge in [-0.05, 0) is 42.2 Å². The summed E-state index contributed by atoms with van der Waals surface area (Å²) in [6, 6.07) is 24.2. The van der Waals surface area contributed by atoms with Gasteiger partial charge in [0.25, 0.3) is 5.91 Å². The third-order valence-corrected chi connectivity index (χ3v) is 7.61. The zero-order chi connectivity index (χ0) is 23.1. The molecule has 3 aromatic carbocycles. The highest BCUT2D eigenvalue weighted by atomic mass is 32.2. The Kier molecular flexibility index (Phi) is 7.42. The summed E-state index contributed by atoms with van der Waals surface area (Å²) in [6.07, 6.45) is 2.88. The molecule has 0 aliphatic carbocycles. The van der Waals surface area contributed by atoms with E-state index < -0.39 is 10.0 Å². The van der Waals surface area contributed by atoms with Crippen molar-refractivity contribution in [1.29, 1.82) is 0 Å². The quantitative estimate of drug-likeness (QED) is 0.542. The fourth-order valence-corrected chi connectivity index (χ4v) is 5.39. The lowest BCUT2D eigenvalue weighted by molar-refractivity contribution is -0.123. The van der Waals surface area contributed by atoms with Gasteiger partial charge >= 0.3 is 0 Å². The zero-order valence-electron chi connectivity index (χ0n) is 18.4. The van der Waals surface area contributed by atoms with Crippen molar-refractivity contribution in [2.75, 3.05) is 19.7 Å². The molecule has 1 saturated heterocycles. The van der Waals surface area contributed by atoms with Crippen LogP contribution in [0.25, 0.3) is 11.1 Å². The van der Waals surface area contributed by atoms with Crippen LogP contribution in [0.5, 0.6) is 5.75 Å². The van der Waals surface area contributed by atoms with E-state index in [1.165, 1.54) is 0 Å². The molecule has 0 spiro atoms. The van der Waals surface area contributed by atoms with Crippen LogP contribution in [0, 0.1) is 0 Å². The first kappa shape index (κ1) is 23.0. The van der Waals surface area contributed by atoms with Crippen molar-refractivity contribution in [3.05, 3.63) is 84.4 Å². The molecule has 0 aromatic heterocycles. The molecule has 1 aliphatic heterocycles. The predicted molar refractivity (Wildman–Crippen MR) is 128 cm³/mol. The number of sulfonamides is 1. The van der Waals surface area contributed by atoms with Crippen molar-refractivity contribution in [2.24, 2.45) is 0 Å². The molecule has 0 unspecified atom stereocenters. The lowest BCUT2D eigenvalue weighted by Gasteiger charge is -2.25. The van der Waals surface area contributed by atoms with E-state index in [0.717, 1.165) is 36.0 Å². The number of ether oxygens (including phenoxy) is 1. The third kappa shape index (κ3) is 5.80. The van der Waals surface area contributed by atoms with Crippen LogP contribution in [0.4, 0.5) is 0 Å². The standard InChI is InChI=1S/C26H28N2O4S/c29-26(20-32-25-12-6-5-11-24(25)22-9-3-1-4-10-22)27-19-21-13-15-23(16-14-21)33(30,31)28-17-7-2-8-18-28/h1,3-6,9-16H,2,7-8,17-20H2,(H,27,29). The first-order valence-electron chi connectivity index (χ1n) is 11.2. The molecule has 1 N–H and O–H groups in total. The fraction of sp³-hybridized carbons (Fsp3) is 0.269. The predicted octanol–water partition coefficient (Wildman–Crippen LogP) is 4.22. The summed E-state index contributed by atoms with van der Waals surface area (Å²) in [4.78, 5) is 12.6. The number of benzene rings is 3. The Bertz CT molecular complexity index is 1170. The normalized spacial score (nSPS) is 14.5. The average molecular weight is 465 g/mol. The molecule has 1 aliphatic rings. The second-order valence-corrected chi connectivity index (χ2v) is 9.97. The monoisotopic (exact) mass is 464 g/mol. The van der Waals surface area contributed by atoms with Crippen molar-refractivity contribution >= 4 is 15.9 Å². The summed E-state index contributed by atoms with van der Waals surface area (Å²) < 4.78 is 32.8. The van der Waals surface area contributed by atoms with Gasteiger partial charge in [-0.3, -0.25) is 4.79 Å². The van der Waals surface area contributed by atoms with Gasteiger partial charge in [0.15, 0.2) is 6.61 Å². The van der Waals surface area contributed by atoms with E-state index in [1.54, 1.807) is 28.6 Å². The maximum atomic E-state index is 12.8. The lowest BCUT2D eigenvalue weighted by Crippen LogP contribution is -2.35. The summed E-state index contributed by atoms with van der Waals surface area (Å²) in [5.74, 6) is 0.397. The first-order chi connectivity index (χ1) is 16.0. The molecule has 1 amide bonds. The highest BCUT2D eigenvalue weighted by Gasteiger charge is 2.25. The highest BCUT2D eigenvalue weighted by Crippen LogP contribution is 2.29. The van der Waals surface area contributed by atoms with Crippen LogP contribution < -0.4 is 10.1 Å². The molecule has 33 heavy (non-hydrogen) atoms. The maximum Gasteiger partial charge on any atom is 0.258 e. The van der Waals surface area contributed by atoms with Gasteiger partial charge < -0.3 is 10.1 Å². The summed E-state index contributed by atoms with van der Waals surface area (Å²) >= 11 is 0. The minimum atomic E-state index is -3.45. The van der Waals surface area contributed by atoms with E-state index in [2.05, 4.69) is 5.32 Å². The molecule has 1 heterocycles. The number of nitrogens with zero attached hydrogens (tertiary/aromatic N) is 1. The Balaban J connectivity index is 1.31. The minimum absolute atomic E-state index is 0.106. The van der Waals surface area contributed by atoms with Crippen LogP contribution in [0.15, 0.2) is 83.8 Å². The fourth-order valence-electron chi connectivity index (χ4n) is 3.88. The summed E-state index contributed by atoms with van der Waals surface area (Å²) in [5, 5.41) is 2.83. The SMILES string of the molecule is O=C(COc1ccccc1-c1ccccc1)NCc1ccc(S(=O)(=O)N2CCCCC2)cc1. The maximum absolute atomic E-state index is 12.8. The van der Waals surface area contributed by atoms with E-state index in [0.29, 0.717) is 30.3 Å². The highest BCUT2D eigenvalue weighted by molar-refractivity contribution is 7.89. The van der Waals surface area contributed by atoms with Crippen molar-refractivity contribution in [3.8, 4) is 16.9 Å². The Morgan fingerprint density at radius 3 is 2.24 bits per heavy atom. The summed E-state index contributed by atoms with van der Waals surface area (Å²) in [6.45, 7) is 1.35. The number of carbonyl (C=O) groups is 1. The molecular formula is C26H28N2O4S. The van der Waals surface area contributed by atoms with E-state index in [-0.39, 0.29) is 12.5 Å². The Hall–Kier alpha value is -3.16. The van der Waals surface area contributed by atoms with Crippen molar-refractivity contribution in [1.82, 2.24) is 9.62 Å². The molecule has 0 atom stereocenters. The molecular weight excluding hydrogens is 436 g/mol. The zero-order valence-corrected chi connectivity index (χ0v) is 19.3. The van der Waals surface area contributed by atoms with Gasteiger partial charge in [-0.2, -0.15) is 4.31 Å². The average Bonchev–Trinajstić information content (AvgIpc) is 2.87. The van der Waals surface area contributed by atoms with Gasteiger partial charge in [0, 0.05) is 25.2 Å². The number of para-hydroxylation sites is 1. The largest absolute Gasteiger partial charge is 0.483 e. The topological polar surface area (TPSA) is 75.7 Å². The first-order valence-corrected chi connectivity index (χ1v) is 12.6. The number of piperidine rings is 1. The molecule has 6 nitrogen and oxygen atoms in total. The van der Waals surface area contributed by atoms with Crippen LogP contribution in [-0.2, 0) is 21.4 Å². The number of nitrogens with one attached hydrogen (secondary N) is 1. The molecule has 3 aromatic rings. The molecule has 0 bridgehead atoms. The Labute approximate surface area is 195 Å². The van der Waals surface area contributed by atoms with Gasteiger partial charge in [0.2, 0.25) is 10.0 Å². The number of amides is 1. The van der Waals surface area contributed by atoms with Crippen LogP contribution in [0.1, 0.15) is 24.8 Å². The van der Waals surface area contributed by atoms with Gasteiger partial charge in [-0.15, -0.1) is 0 Å². The number of rotatable bonds is 8. The molecule has 7 heteroatoms. The molecule has 0 radical (unpaired) electrons. The molecule has 172 valence electrons. The van der Waals surface area contributed by atoms with Crippen LogP contribution in [0.2, 0.25) is 0 Å². The summed E-state index contributed by atoms with van der Waals surface area (Å²) in [5.41, 5.74) is 2.77. The van der Waals surface area contributed by atoms with Crippen molar-refractivity contribution in [2.45, 2.75) is 30.7 Å². The summed E-state index contributed by atoms with van der Waals surface area (Å²) in [7, 11) is -3.45. The third-order valence-electron chi connectivity index (χ3n) is 5.70. The Morgan fingerprint density at radius 1 is 0.848 bits per heavy atom. The van der Waals surface area contributed by atoms with E-state index in [9.17, 15) is 13.2 Å². The number of hydrogen-bond donors (Lipinski definition) is 1. The van der Waals surface area contributed by atoms with E-state index >= 15 is 0 Å². The lowest BCUT2D eigenvalue weighted by atomic mass is 10.1. The second kappa shape index (κ2) is 10.6. The number of hydrogen-bond acceptors (Lipinski definition) is 4. The van der Waals surface area contributed by atoms with Crippen LogP contribution >= 0.6 is 0 Å². The smallest absolute Gasteiger partial charge is 0.258 e. The number of carbonyl (C=O) groups excluding carboxylic acids is 1. The van der Waals surface area contributed by atoms with Crippen LogP contribution in [-0.4, -0.2) is 38.3 Å². The van der Waals surface area contributed by atoms with Gasteiger partial charge in [-0.1, -0.05) is 67.1 Å². The van der Waals surface area contributed by atoms with Gasteiger partial charge in [0.05, 0.1) is 4.90 Å². The van der Waals surface area contributed by atoms with Crippen LogP contribution in [0.3, 0.4) is 0 Å². The van der Waals surface area contributed by atoms with Gasteiger partial charge in [-0.25, -0.2) is 8.42 Å². The van der Waals surface area contributed by atoms with Crippen molar-refractivity contribution in [3.63, 3.8) is 0 Å².